The second kappa shape index (κ2) is 6.00. The first-order valence-electron chi connectivity index (χ1n) is 7.29. The molecular weight excluding hydrogens is 323 g/mol. The van der Waals surface area contributed by atoms with Gasteiger partial charge in [-0.05, 0) is 46.8 Å². The van der Waals surface area contributed by atoms with Crippen LogP contribution >= 0.6 is 15.9 Å². The maximum atomic E-state index is 13.7. The molecule has 3 nitrogen and oxygen atoms in total. The summed E-state index contributed by atoms with van der Waals surface area (Å²) in [6, 6.07) is 2.97. The van der Waals surface area contributed by atoms with Gasteiger partial charge in [0.1, 0.15) is 11.6 Å². The molecule has 2 N–H and O–H groups in total. The third-order valence-electron chi connectivity index (χ3n) is 4.52. The number of nitrogens with one attached hydrogen (secondary N) is 1. The van der Waals surface area contributed by atoms with Crippen molar-refractivity contribution < 1.29 is 9.50 Å². The van der Waals surface area contributed by atoms with E-state index < -0.39 is 0 Å². The monoisotopic (exact) mass is 342 g/mol. The molecule has 1 aromatic carbocycles. The maximum absolute atomic E-state index is 13.7. The Morgan fingerprint density at radius 3 is 2.60 bits per heavy atom. The summed E-state index contributed by atoms with van der Waals surface area (Å²) in [7, 11) is 0. The van der Waals surface area contributed by atoms with Gasteiger partial charge in [-0.2, -0.15) is 0 Å². The molecule has 1 heterocycles. The predicted octanol–water partition coefficient (Wildman–Crippen LogP) is 3.04. The van der Waals surface area contributed by atoms with Crippen molar-refractivity contribution in [1.82, 2.24) is 10.2 Å². The van der Waals surface area contributed by atoms with Gasteiger partial charge in [0.15, 0.2) is 0 Å². The maximum Gasteiger partial charge on any atom is 0.134 e. The highest BCUT2D eigenvalue weighted by atomic mass is 79.9. The highest BCUT2D eigenvalue weighted by Gasteiger charge is 2.35. The van der Waals surface area contributed by atoms with Gasteiger partial charge < -0.3 is 10.4 Å². The Morgan fingerprint density at radius 2 is 2.00 bits per heavy atom. The standard InChI is InChI=1S/C15H20BrFN2O/c16-13-9-11(17)8-12(15(13)20)14(10-2-1-3-10)19-6-4-18-5-7-19/h8-10,14,18,20H,1-7H2/t14-/m1/s1. The molecule has 5 heteroatoms. The number of rotatable bonds is 3. The van der Waals surface area contributed by atoms with Crippen molar-refractivity contribution in [3.63, 3.8) is 0 Å². The molecule has 0 radical (unpaired) electrons. The minimum absolute atomic E-state index is 0.137. The van der Waals surface area contributed by atoms with Crippen LogP contribution in [0.2, 0.25) is 0 Å². The number of hydrogen-bond donors (Lipinski definition) is 2. The lowest BCUT2D eigenvalue weighted by Gasteiger charge is -2.43. The van der Waals surface area contributed by atoms with Gasteiger partial charge in [-0.3, -0.25) is 4.90 Å². The summed E-state index contributed by atoms with van der Waals surface area (Å²) < 4.78 is 14.2. The van der Waals surface area contributed by atoms with Crippen LogP contribution in [0.15, 0.2) is 16.6 Å². The van der Waals surface area contributed by atoms with Crippen molar-refractivity contribution in [2.24, 2.45) is 5.92 Å². The minimum atomic E-state index is -0.288. The van der Waals surface area contributed by atoms with Gasteiger partial charge in [0.05, 0.1) is 4.47 Å². The van der Waals surface area contributed by atoms with Crippen LogP contribution in [0.4, 0.5) is 4.39 Å². The average molecular weight is 343 g/mol. The fourth-order valence-corrected chi connectivity index (χ4v) is 3.72. The van der Waals surface area contributed by atoms with Gasteiger partial charge in [-0.25, -0.2) is 4.39 Å². The van der Waals surface area contributed by atoms with Crippen molar-refractivity contribution in [3.8, 4) is 5.75 Å². The molecule has 1 atom stereocenters. The number of phenols is 1. The van der Waals surface area contributed by atoms with E-state index in [1.165, 1.54) is 31.4 Å². The summed E-state index contributed by atoms with van der Waals surface area (Å²) in [5.41, 5.74) is 0.739. The van der Waals surface area contributed by atoms with Crippen molar-refractivity contribution >= 4 is 15.9 Å². The quantitative estimate of drug-likeness (QED) is 0.886. The van der Waals surface area contributed by atoms with Gasteiger partial charge in [-0.1, -0.05) is 6.42 Å². The topological polar surface area (TPSA) is 35.5 Å². The van der Waals surface area contributed by atoms with E-state index in [9.17, 15) is 9.50 Å². The lowest BCUT2D eigenvalue weighted by molar-refractivity contribution is 0.0816. The van der Waals surface area contributed by atoms with Gasteiger partial charge in [0.25, 0.3) is 0 Å². The van der Waals surface area contributed by atoms with Gasteiger partial charge in [-0.15, -0.1) is 0 Å². The number of aromatic hydroxyl groups is 1. The Morgan fingerprint density at radius 1 is 1.30 bits per heavy atom. The highest BCUT2D eigenvalue weighted by Crippen LogP contribution is 2.45. The zero-order valence-electron chi connectivity index (χ0n) is 11.4. The predicted molar refractivity (Wildman–Crippen MR) is 80.3 cm³/mol. The number of phenolic OH excluding ortho intramolecular Hbond substituents is 1. The van der Waals surface area contributed by atoms with E-state index in [4.69, 9.17) is 0 Å². The van der Waals surface area contributed by atoms with E-state index in [-0.39, 0.29) is 17.6 Å². The fraction of sp³-hybridized carbons (Fsp3) is 0.600. The molecule has 1 saturated heterocycles. The number of halogens is 2. The summed E-state index contributed by atoms with van der Waals surface area (Å²) in [6.07, 6.45) is 3.58. The number of nitrogens with zero attached hydrogens (tertiary/aromatic N) is 1. The first-order chi connectivity index (χ1) is 9.66. The Hall–Kier alpha value is -0.650. The number of piperazine rings is 1. The molecule has 1 aromatic rings. The molecular formula is C15H20BrFN2O. The van der Waals surface area contributed by atoms with E-state index in [1.807, 2.05) is 0 Å². The minimum Gasteiger partial charge on any atom is -0.506 e. The Bertz CT molecular complexity index is 487. The second-order valence-corrected chi connectivity index (χ2v) is 6.60. The summed E-state index contributed by atoms with van der Waals surface area (Å²) in [5, 5.41) is 13.7. The second-order valence-electron chi connectivity index (χ2n) is 5.75. The first-order valence-corrected chi connectivity index (χ1v) is 8.09. The Balaban J connectivity index is 1.96. The van der Waals surface area contributed by atoms with Gasteiger partial charge in [0, 0.05) is 37.8 Å². The number of hydrogen-bond acceptors (Lipinski definition) is 3. The molecule has 2 fully saturated rings. The zero-order valence-corrected chi connectivity index (χ0v) is 13.0. The van der Waals surface area contributed by atoms with Gasteiger partial charge in [0.2, 0.25) is 0 Å². The molecule has 0 unspecified atom stereocenters. The van der Waals surface area contributed by atoms with Crippen LogP contribution in [0.3, 0.4) is 0 Å². The molecule has 1 aliphatic heterocycles. The van der Waals surface area contributed by atoms with Crippen LogP contribution in [-0.4, -0.2) is 36.2 Å². The summed E-state index contributed by atoms with van der Waals surface area (Å²) >= 11 is 3.26. The molecule has 20 heavy (non-hydrogen) atoms. The molecule has 0 aromatic heterocycles. The first kappa shape index (κ1) is 14.3. The molecule has 0 amide bonds. The molecule has 0 bridgehead atoms. The van der Waals surface area contributed by atoms with Crippen LogP contribution in [-0.2, 0) is 0 Å². The van der Waals surface area contributed by atoms with Crippen LogP contribution in [0, 0.1) is 11.7 Å². The fourth-order valence-electron chi connectivity index (χ4n) is 3.28. The largest absolute Gasteiger partial charge is 0.506 e. The molecule has 1 saturated carbocycles. The third kappa shape index (κ3) is 2.71. The van der Waals surface area contributed by atoms with E-state index in [1.54, 1.807) is 0 Å². The SMILES string of the molecule is Oc1c(Br)cc(F)cc1[C@@H](C1CCC1)N1CCNCC1. The van der Waals surface area contributed by atoms with Crippen molar-refractivity contribution in [1.29, 1.82) is 0 Å². The molecule has 3 rings (SSSR count). The molecule has 1 aliphatic carbocycles. The molecule has 0 spiro atoms. The van der Waals surface area contributed by atoms with Crippen molar-refractivity contribution in [3.05, 3.63) is 28.0 Å². The normalized spacial score (nSPS) is 22.5. The smallest absolute Gasteiger partial charge is 0.134 e. The Labute approximate surface area is 127 Å². The van der Waals surface area contributed by atoms with E-state index in [2.05, 4.69) is 26.1 Å². The van der Waals surface area contributed by atoms with E-state index >= 15 is 0 Å². The average Bonchev–Trinajstić information content (AvgIpc) is 2.39. The van der Waals surface area contributed by atoms with E-state index in [0.29, 0.717) is 10.4 Å². The highest BCUT2D eigenvalue weighted by molar-refractivity contribution is 9.10. The summed E-state index contributed by atoms with van der Waals surface area (Å²) in [5.74, 6) is 0.443. The van der Waals surface area contributed by atoms with Crippen molar-refractivity contribution in [2.45, 2.75) is 25.3 Å². The molecule has 110 valence electrons. The van der Waals surface area contributed by atoms with Crippen LogP contribution < -0.4 is 5.32 Å². The lowest BCUT2D eigenvalue weighted by atomic mass is 9.76. The van der Waals surface area contributed by atoms with Gasteiger partial charge >= 0.3 is 0 Å². The molecule has 2 aliphatic rings. The lowest BCUT2D eigenvalue weighted by Crippen LogP contribution is -2.47. The van der Waals surface area contributed by atoms with Crippen LogP contribution in [0.1, 0.15) is 30.9 Å². The summed E-state index contributed by atoms with van der Waals surface area (Å²) in [4.78, 5) is 2.39. The summed E-state index contributed by atoms with van der Waals surface area (Å²) in [6.45, 7) is 3.82. The zero-order chi connectivity index (χ0) is 14.1. The third-order valence-corrected chi connectivity index (χ3v) is 5.12. The van der Waals surface area contributed by atoms with Crippen molar-refractivity contribution in [2.75, 3.05) is 26.2 Å². The van der Waals surface area contributed by atoms with Crippen LogP contribution in [0.25, 0.3) is 0 Å². The number of benzene rings is 1. The van der Waals surface area contributed by atoms with E-state index in [0.717, 1.165) is 31.7 Å². The van der Waals surface area contributed by atoms with Crippen LogP contribution in [0.5, 0.6) is 5.75 Å². The Kier molecular flexibility index (Phi) is 4.29.